The van der Waals surface area contributed by atoms with Gasteiger partial charge in [0.25, 0.3) is 5.91 Å². The van der Waals surface area contributed by atoms with Crippen molar-refractivity contribution in [3.8, 4) is 11.3 Å². The minimum absolute atomic E-state index is 0.258. The lowest BCUT2D eigenvalue weighted by Gasteiger charge is -2.30. The molecular weight excluding hydrogens is 441 g/mol. The Morgan fingerprint density at radius 3 is 2.88 bits per heavy atom. The van der Waals surface area contributed by atoms with Crippen LogP contribution in [0.2, 0.25) is 0 Å². The number of alkyl halides is 1. The number of aromatic nitrogens is 5. The van der Waals surface area contributed by atoms with Crippen LogP contribution in [0.1, 0.15) is 29.2 Å². The molecule has 1 aliphatic heterocycles. The van der Waals surface area contributed by atoms with E-state index in [1.54, 1.807) is 17.8 Å². The van der Waals surface area contributed by atoms with E-state index in [1.807, 2.05) is 29.0 Å². The minimum atomic E-state index is -1.02. The van der Waals surface area contributed by atoms with Gasteiger partial charge in [-0.15, -0.1) is 0 Å². The smallest absolute Gasteiger partial charge is 0.257 e. The number of hydrogen-bond donors (Lipinski definition) is 3. The fourth-order valence-corrected chi connectivity index (χ4v) is 4.64. The molecule has 0 spiro atoms. The zero-order valence-electron chi connectivity index (χ0n) is 18.5. The summed E-state index contributed by atoms with van der Waals surface area (Å²) in [6.45, 7) is 0.661. The molecular formula is C23H24FN7O3. The number of nitrogens with zero attached hydrogens (tertiary/aromatic N) is 5. The van der Waals surface area contributed by atoms with Gasteiger partial charge in [-0.2, -0.15) is 9.61 Å². The number of nitrogens with one attached hydrogen (secondary N) is 2. The van der Waals surface area contributed by atoms with Crippen molar-refractivity contribution in [2.24, 2.45) is 0 Å². The van der Waals surface area contributed by atoms with Crippen LogP contribution in [0.25, 0.3) is 27.9 Å². The Morgan fingerprint density at radius 2 is 2.18 bits per heavy atom. The molecule has 2 fully saturated rings. The summed E-state index contributed by atoms with van der Waals surface area (Å²) in [5.74, 6) is 0.240. The zero-order chi connectivity index (χ0) is 23.4. The van der Waals surface area contributed by atoms with Crippen molar-refractivity contribution in [2.45, 2.75) is 37.2 Å². The number of amides is 1. The third kappa shape index (κ3) is 3.23. The molecule has 1 amide bonds. The Hall–Kier alpha value is -3.57. The molecule has 176 valence electrons. The van der Waals surface area contributed by atoms with E-state index in [9.17, 15) is 14.3 Å². The van der Waals surface area contributed by atoms with Crippen LogP contribution in [0.3, 0.4) is 0 Å². The standard InChI is InChI=1S/C23H24FN7O3/c1-25-20-7-17(28-22-13(8-27-31(20)22)23(33)29-16-5-4-15(16)24)14-9-30(18-10-34-11-19(18)32)21-12(14)3-2-6-26-21/h2-3,6-9,15-16,18-19,25,32H,4-5,10-11H2,1H3,(H,29,33)/t15-,16?,18-,19-/m0/s1. The van der Waals surface area contributed by atoms with Crippen molar-refractivity contribution in [1.29, 1.82) is 0 Å². The summed E-state index contributed by atoms with van der Waals surface area (Å²) < 4.78 is 22.7. The van der Waals surface area contributed by atoms with Crippen LogP contribution in [-0.2, 0) is 4.74 Å². The Balaban J connectivity index is 1.48. The highest BCUT2D eigenvalue weighted by Crippen LogP contribution is 2.34. The van der Waals surface area contributed by atoms with E-state index >= 15 is 0 Å². The minimum Gasteiger partial charge on any atom is -0.388 e. The first kappa shape index (κ1) is 21.0. The molecule has 4 aromatic heterocycles. The van der Waals surface area contributed by atoms with Crippen molar-refractivity contribution in [1.82, 2.24) is 29.5 Å². The number of halogens is 1. The topological polar surface area (TPSA) is 119 Å². The van der Waals surface area contributed by atoms with Gasteiger partial charge in [0.2, 0.25) is 0 Å². The molecule has 3 N–H and O–H groups in total. The van der Waals surface area contributed by atoms with Crippen molar-refractivity contribution >= 4 is 28.4 Å². The highest BCUT2D eigenvalue weighted by atomic mass is 19.1. The highest BCUT2D eigenvalue weighted by Gasteiger charge is 2.33. The molecule has 2 aliphatic rings. The van der Waals surface area contributed by atoms with E-state index in [0.717, 1.165) is 10.9 Å². The Bertz CT molecular complexity index is 1400. The lowest BCUT2D eigenvalue weighted by molar-refractivity contribution is 0.0826. The van der Waals surface area contributed by atoms with Crippen LogP contribution >= 0.6 is 0 Å². The molecule has 1 saturated carbocycles. The maximum absolute atomic E-state index is 13.7. The van der Waals surface area contributed by atoms with Crippen LogP contribution in [-0.4, -0.2) is 73.7 Å². The second-order valence-electron chi connectivity index (χ2n) is 8.74. The van der Waals surface area contributed by atoms with E-state index in [2.05, 4.69) is 20.7 Å². The van der Waals surface area contributed by atoms with E-state index in [4.69, 9.17) is 9.72 Å². The van der Waals surface area contributed by atoms with Gasteiger partial charge in [0.05, 0.1) is 37.2 Å². The average Bonchev–Trinajstić information content (AvgIpc) is 3.57. The first-order valence-electron chi connectivity index (χ1n) is 11.3. The van der Waals surface area contributed by atoms with Crippen LogP contribution < -0.4 is 10.6 Å². The van der Waals surface area contributed by atoms with E-state index in [0.29, 0.717) is 42.3 Å². The third-order valence-electron chi connectivity index (χ3n) is 6.72. The fourth-order valence-electron chi connectivity index (χ4n) is 4.64. The molecule has 1 unspecified atom stereocenters. The molecule has 0 radical (unpaired) electrons. The second-order valence-corrected chi connectivity index (χ2v) is 8.74. The number of aliphatic hydroxyl groups is 1. The summed E-state index contributed by atoms with van der Waals surface area (Å²) in [6.07, 6.45) is 4.50. The number of pyridine rings is 1. The molecule has 5 heterocycles. The summed E-state index contributed by atoms with van der Waals surface area (Å²) in [5.41, 5.74) is 2.77. The first-order chi connectivity index (χ1) is 16.5. The molecule has 1 aliphatic carbocycles. The molecule has 0 bridgehead atoms. The van der Waals surface area contributed by atoms with Crippen LogP contribution in [0.5, 0.6) is 0 Å². The Kier molecular flexibility index (Phi) is 4.96. The normalized spacial score (nSPS) is 24.4. The van der Waals surface area contributed by atoms with E-state index in [1.165, 1.54) is 6.20 Å². The highest BCUT2D eigenvalue weighted by molar-refractivity contribution is 6.01. The van der Waals surface area contributed by atoms with Crippen LogP contribution in [0, 0.1) is 0 Å². The molecule has 11 heteroatoms. The number of carbonyl (C=O) groups excluding carboxylic acids is 1. The molecule has 0 aromatic carbocycles. The molecule has 4 atom stereocenters. The van der Waals surface area contributed by atoms with Crippen LogP contribution in [0.4, 0.5) is 10.2 Å². The summed E-state index contributed by atoms with van der Waals surface area (Å²) in [4.78, 5) is 22.2. The Labute approximate surface area is 193 Å². The summed E-state index contributed by atoms with van der Waals surface area (Å²) in [7, 11) is 1.76. The predicted octanol–water partition coefficient (Wildman–Crippen LogP) is 1.95. The number of anilines is 1. The molecule has 1 saturated heterocycles. The van der Waals surface area contributed by atoms with Gasteiger partial charge < -0.3 is 25.0 Å². The summed E-state index contributed by atoms with van der Waals surface area (Å²) in [6, 6.07) is 4.91. The fraction of sp³-hybridized carbons (Fsp3) is 0.391. The molecule has 4 aromatic rings. The number of fused-ring (bicyclic) bond motifs is 2. The van der Waals surface area contributed by atoms with Crippen molar-refractivity contribution in [2.75, 3.05) is 25.6 Å². The quantitative estimate of drug-likeness (QED) is 0.412. The SMILES string of the molecule is CNc1cc(-c2cn([C@H]3COC[C@@H]3O)c3ncccc23)nc2c(C(=O)NC3CC[C@@H]3F)cnn12. The molecule has 10 nitrogen and oxygen atoms in total. The summed E-state index contributed by atoms with van der Waals surface area (Å²) in [5, 5.41) is 21.5. The van der Waals surface area contributed by atoms with Gasteiger partial charge in [-0.3, -0.25) is 4.79 Å². The van der Waals surface area contributed by atoms with Crippen LogP contribution in [0.15, 0.2) is 36.8 Å². The largest absolute Gasteiger partial charge is 0.388 e. The van der Waals surface area contributed by atoms with Gasteiger partial charge in [-0.25, -0.2) is 14.4 Å². The van der Waals surface area contributed by atoms with Gasteiger partial charge >= 0.3 is 0 Å². The monoisotopic (exact) mass is 465 g/mol. The Morgan fingerprint density at radius 1 is 1.29 bits per heavy atom. The lowest BCUT2D eigenvalue weighted by Crippen LogP contribution is -2.48. The lowest BCUT2D eigenvalue weighted by atomic mass is 9.90. The van der Waals surface area contributed by atoms with Crippen molar-refractivity contribution in [3.05, 3.63) is 42.4 Å². The van der Waals surface area contributed by atoms with Crippen molar-refractivity contribution < 1.29 is 19.0 Å². The van der Waals surface area contributed by atoms with Gasteiger partial charge in [0.15, 0.2) is 5.65 Å². The summed E-state index contributed by atoms with van der Waals surface area (Å²) >= 11 is 0. The maximum atomic E-state index is 13.7. The van der Waals surface area contributed by atoms with E-state index in [-0.39, 0.29) is 18.2 Å². The number of ether oxygens (including phenoxy) is 1. The number of rotatable bonds is 5. The van der Waals surface area contributed by atoms with Gasteiger partial charge in [0.1, 0.15) is 29.3 Å². The second kappa shape index (κ2) is 8.03. The predicted molar refractivity (Wildman–Crippen MR) is 123 cm³/mol. The maximum Gasteiger partial charge on any atom is 0.257 e. The number of hydrogen-bond acceptors (Lipinski definition) is 7. The number of aliphatic hydroxyl groups excluding tert-OH is 1. The third-order valence-corrected chi connectivity index (χ3v) is 6.72. The van der Waals surface area contributed by atoms with Gasteiger partial charge in [0, 0.05) is 36.5 Å². The van der Waals surface area contributed by atoms with E-state index < -0.39 is 24.2 Å². The van der Waals surface area contributed by atoms with Crippen molar-refractivity contribution in [3.63, 3.8) is 0 Å². The zero-order valence-corrected chi connectivity index (χ0v) is 18.5. The average molecular weight is 465 g/mol. The van der Waals surface area contributed by atoms with Gasteiger partial charge in [-0.1, -0.05) is 0 Å². The molecule has 6 rings (SSSR count). The number of carbonyl (C=O) groups is 1. The molecule has 34 heavy (non-hydrogen) atoms. The first-order valence-corrected chi connectivity index (χ1v) is 11.3. The van der Waals surface area contributed by atoms with Gasteiger partial charge in [-0.05, 0) is 25.0 Å².